The fourth-order valence-corrected chi connectivity index (χ4v) is 1.94. The van der Waals surface area contributed by atoms with Gasteiger partial charge in [0.25, 0.3) is 0 Å². The van der Waals surface area contributed by atoms with Crippen molar-refractivity contribution in [2.45, 2.75) is 6.92 Å². The molecule has 0 aliphatic carbocycles. The van der Waals surface area contributed by atoms with Crippen LogP contribution in [0.5, 0.6) is 5.75 Å². The van der Waals surface area contributed by atoms with Crippen molar-refractivity contribution in [3.8, 4) is 16.9 Å². The first kappa shape index (κ1) is 11.9. The highest BCUT2D eigenvalue weighted by Gasteiger charge is 2.14. The van der Waals surface area contributed by atoms with Crippen LogP contribution in [0.4, 0.5) is 4.39 Å². The van der Waals surface area contributed by atoms with Crippen LogP contribution in [-0.2, 0) is 0 Å². The summed E-state index contributed by atoms with van der Waals surface area (Å²) < 4.78 is 19.3. The number of hydrogen-bond acceptors (Lipinski definition) is 1. The lowest BCUT2D eigenvalue weighted by molar-refractivity contribution is 0.340. The smallest absolute Gasteiger partial charge is 0.134 e. The van der Waals surface area contributed by atoms with Gasteiger partial charge in [-0.25, -0.2) is 4.39 Å². The second-order valence-electron chi connectivity index (χ2n) is 3.53. The minimum atomic E-state index is -0.330. The van der Waals surface area contributed by atoms with Crippen LogP contribution in [0.1, 0.15) is 6.92 Å². The molecule has 0 amide bonds. The molecule has 0 aliphatic rings. The number of rotatable bonds is 3. The molecule has 0 spiro atoms. The summed E-state index contributed by atoms with van der Waals surface area (Å²) in [6, 6.07) is 11.9. The van der Waals surface area contributed by atoms with Crippen LogP contribution in [0.15, 0.2) is 42.5 Å². The fraction of sp³-hybridized carbons (Fsp3) is 0.143. The number of hydrogen-bond donors (Lipinski definition) is 0. The van der Waals surface area contributed by atoms with Gasteiger partial charge in [0.1, 0.15) is 11.6 Å². The standard InChI is InChI=1S/C14H12ClFO/c1-2-17-13-9-5-8-12(16)14(13)10-6-3-4-7-11(10)15/h3-9H,2H2,1H3. The molecular weight excluding hydrogens is 239 g/mol. The van der Waals surface area contributed by atoms with Gasteiger partial charge in [-0.2, -0.15) is 0 Å². The number of benzene rings is 2. The zero-order chi connectivity index (χ0) is 12.3. The van der Waals surface area contributed by atoms with E-state index in [2.05, 4.69) is 0 Å². The van der Waals surface area contributed by atoms with Gasteiger partial charge in [0.2, 0.25) is 0 Å². The molecule has 0 aliphatic heterocycles. The first-order chi connectivity index (χ1) is 8.24. The lowest BCUT2D eigenvalue weighted by Crippen LogP contribution is -1.96. The Hall–Kier alpha value is -1.54. The molecule has 0 heterocycles. The molecule has 0 unspecified atom stereocenters. The van der Waals surface area contributed by atoms with E-state index in [-0.39, 0.29) is 5.82 Å². The van der Waals surface area contributed by atoms with Crippen LogP contribution < -0.4 is 4.74 Å². The maximum atomic E-state index is 13.9. The third kappa shape index (κ3) is 2.42. The highest BCUT2D eigenvalue weighted by atomic mass is 35.5. The summed E-state index contributed by atoms with van der Waals surface area (Å²) in [6.45, 7) is 2.35. The van der Waals surface area contributed by atoms with Crippen molar-refractivity contribution in [1.29, 1.82) is 0 Å². The second kappa shape index (κ2) is 5.19. The second-order valence-corrected chi connectivity index (χ2v) is 3.93. The molecule has 2 aromatic carbocycles. The van der Waals surface area contributed by atoms with E-state index in [4.69, 9.17) is 16.3 Å². The van der Waals surface area contributed by atoms with E-state index in [1.807, 2.05) is 19.1 Å². The van der Waals surface area contributed by atoms with Crippen molar-refractivity contribution >= 4 is 11.6 Å². The molecule has 2 rings (SSSR count). The van der Waals surface area contributed by atoms with Crippen LogP contribution >= 0.6 is 11.6 Å². The molecule has 1 nitrogen and oxygen atoms in total. The topological polar surface area (TPSA) is 9.23 Å². The Morgan fingerprint density at radius 2 is 1.88 bits per heavy atom. The minimum absolute atomic E-state index is 0.330. The van der Waals surface area contributed by atoms with Crippen molar-refractivity contribution in [2.75, 3.05) is 6.61 Å². The number of halogens is 2. The first-order valence-electron chi connectivity index (χ1n) is 5.40. The number of ether oxygens (including phenoxy) is 1. The largest absolute Gasteiger partial charge is 0.493 e. The van der Waals surface area contributed by atoms with E-state index in [9.17, 15) is 4.39 Å². The Labute approximate surface area is 105 Å². The van der Waals surface area contributed by atoms with Gasteiger partial charge >= 0.3 is 0 Å². The molecule has 0 bridgehead atoms. The minimum Gasteiger partial charge on any atom is -0.493 e. The van der Waals surface area contributed by atoms with Crippen LogP contribution in [0.3, 0.4) is 0 Å². The lowest BCUT2D eigenvalue weighted by Gasteiger charge is -2.12. The maximum absolute atomic E-state index is 13.9. The molecule has 88 valence electrons. The SMILES string of the molecule is CCOc1cccc(F)c1-c1ccccc1Cl. The molecule has 0 radical (unpaired) electrons. The van der Waals surface area contributed by atoms with Crippen LogP contribution in [0.25, 0.3) is 11.1 Å². The van der Waals surface area contributed by atoms with Crippen molar-refractivity contribution in [3.05, 3.63) is 53.3 Å². The predicted octanol–water partition coefficient (Wildman–Crippen LogP) is 4.54. The summed E-state index contributed by atoms with van der Waals surface area (Å²) in [5.74, 6) is 0.185. The van der Waals surface area contributed by atoms with Crippen LogP contribution in [0.2, 0.25) is 5.02 Å². The highest BCUT2D eigenvalue weighted by Crippen LogP contribution is 2.36. The van der Waals surface area contributed by atoms with Gasteiger partial charge in [0.05, 0.1) is 12.2 Å². The predicted molar refractivity (Wildman–Crippen MR) is 68.0 cm³/mol. The molecule has 0 aromatic heterocycles. The van der Waals surface area contributed by atoms with Gasteiger partial charge < -0.3 is 4.74 Å². The van der Waals surface area contributed by atoms with E-state index in [1.165, 1.54) is 6.07 Å². The lowest BCUT2D eigenvalue weighted by atomic mass is 10.0. The molecule has 3 heteroatoms. The van der Waals surface area contributed by atoms with E-state index in [1.54, 1.807) is 24.3 Å². The van der Waals surface area contributed by atoms with Crippen LogP contribution in [0, 0.1) is 5.82 Å². The van der Waals surface area contributed by atoms with Crippen molar-refractivity contribution < 1.29 is 9.13 Å². The average Bonchev–Trinajstić information content (AvgIpc) is 2.31. The summed E-state index contributed by atoms with van der Waals surface area (Å²) in [7, 11) is 0. The van der Waals surface area contributed by atoms with Gasteiger partial charge in [-0.3, -0.25) is 0 Å². The van der Waals surface area contributed by atoms with E-state index in [0.717, 1.165) is 0 Å². The maximum Gasteiger partial charge on any atom is 0.134 e. The van der Waals surface area contributed by atoms with Crippen molar-refractivity contribution in [1.82, 2.24) is 0 Å². The molecule has 0 saturated heterocycles. The fourth-order valence-electron chi connectivity index (χ4n) is 1.71. The normalized spacial score (nSPS) is 10.3. The summed E-state index contributed by atoms with van der Waals surface area (Å²) in [5.41, 5.74) is 1.07. The first-order valence-corrected chi connectivity index (χ1v) is 5.78. The summed E-state index contributed by atoms with van der Waals surface area (Å²) in [5, 5.41) is 0.513. The van der Waals surface area contributed by atoms with Crippen molar-refractivity contribution in [3.63, 3.8) is 0 Å². The zero-order valence-corrected chi connectivity index (χ0v) is 10.2. The van der Waals surface area contributed by atoms with Crippen LogP contribution in [-0.4, -0.2) is 6.61 Å². The molecular formula is C14H12ClFO. The quantitative estimate of drug-likeness (QED) is 0.777. The van der Waals surface area contributed by atoms with Gasteiger partial charge in [-0.15, -0.1) is 0 Å². The monoisotopic (exact) mass is 250 g/mol. The Kier molecular flexibility index (Phi) is 3.64. The molecule has 0 N–H and O–H groups in total. The Balaban J connectivity index is 2.61. The zero-order valence-electron chi connectivity index (χ0n) is 9.41. The molecule has 2 aromatic rings. The Morgan fingerprint density at radius 3 is 2.59 bits per heavy atom. The Morgan fingerprint density at radius 1 is 1.12 bits per heavy atom. The van der Waals surface area contributed by atoms with E-state index < -0.39 is 0 Å². The molecule has 0 atom stereocenters. The van der Waals surface area contributed by atoms with Gasteiger partial charge in [-0.05, 0) is 25.1 Å². The average molecular weight is 251 g/mol. The van der Waals surface area contributed by atoms with E-state index >= 15 is 0 Å². The third-order valence-corrected chi connectivity index (χ3v) is 2.75. The summed E-state index contributed by atoms with van der Waals surface area (Å²) in [4.78, 5) is 0. The Bertz CT molecular complexity index is 525. The summed E-state index contributed by atoms with van der Waals surface area (Å²) in [6.07, 6.45) is 0. The molecule has 17 heavy (non-hydrogen) atoms. The van der Waals surface area contributed by atoms with Gasteiger partial charge in [-0.1, -0.05) is 35.9 Å². The molecule has 0 saturated carbocycles. The highest BCUT2D eigenvalue weighted by molar-refractivity contribution is 6.33. The van der Waals surface area contributed by atoms with E-state index in [0.29, 0.717) is 28.5 Å². The third-order valence-electron chi connectivity index (χ3n) is 2.42. The molecule has 0 fully saturated rings. The summed E-state index contributed by atoms with van der Waals surface area (Å²) >= 11 is 6.08. The van der Waals surface area contributed by atoms with Gasteiger partial charge in [0, 0.05) is 10.6 Å². The van der Waals surface area contributed by atoms with Gasteiger partial charge in [0.15, 0.2) is 0 Å². The van der Waals surface area contributed by atoms with Crippen molar-refractivity contribution in [2.24, 2.45) is 0 Å².